The minimum atomic E-state index is -0.0112. The van der Waals surface area contributed by atoms with Gasteiger partial charge in [0.1, 0.15) is 0 Å². The summed E-state index contributed by atoms with van der Waals surface area (Å²) in [5, 5.41) is 2.78. The predicted octanol–water partition coefficient (Wildman–Crippen LogP) is 2.69. The molecule has 2 nitrogen and oxygen atoms in total. The van der Waals surface area contributed by atoms with Crippen molar-refractivity contribution in [3.63, 3.8) is 0 Å². The van der Waals surface area contributed by atoms with Crippen molar-refractivity contribution in [3.8, 4) is 0 Å². The zero-order chi connectivity index (χ0) is 10.4. The second kappa shape index (κ2) is 6.04. The van der Waals surface area contributed by atoms with Gasteiger partial charge in [0.05, 0.1) is 0 Å². The number of benzene rings is 1. The van der Waals surface area contributed by atoms with Crippen molar-refractivity contribution in [1.29, 1.82) is 0 Å². The lowest BCUT2D eigenvalue weighted by Gasteiger charge is -2.03. The van der Waals surface area contributed by atoms with Crippen LogP contribution in [0.4, 0.5) is 0 Å². The van der Waals surface area contributed by atoms with Gasteiger partial charge in [-0.1, -0.05) is 28.1 Å². The molecule has 0 aromatic heterocycles. The summed E-state index contributed by atoms with van der Waals surface area (Å²) in [5.41, 5.74) is 1.08. The molecule has 0 unspecified atom stereocenters. The topological polar surface area (TPSA) is 29.1 Å². The largest absolute Gasteiger partial charge is 0.352 e. The predicted molar refractivity (Wildman–Crippen MR) is 61.3 cm³/mol. The number of carbonyl (C=O) groups is 1. The van der Waals surface area contributed by atoms with E-state index >= 15 is 0 Å². The van der Waals surface area contributed by atoms with Crippen LogP contribution in [0.15, 0.2) is 28.7 Å². The molecular formula is C10H11BrClNO. The van der Waals surface area contributed by atoms with Crippen molar-refractivity contribution in [1.82, 2.24) is 5.32 Å². The van der Waals surface area contributed by atoms with Gasteiger partial charge in [-0.15, -0.1) is 11.6 Å². The standard InChI is InChI=1S/C10H11BrClNO/c11-9-3-1-8(2-4-9)7-13-10(14)5-6-12/h1-4H,5-7H2,(H,13,14). The maximum atomic E-state index is 11.1. The third-order valence-corrected chi connectivity index (χ3v) is 2.44. The van der Waals surface area contributed by atoms with Gasteiger partial charge in [0.15, 0.2) is 0 Å². The smallest absolute Gasteiger partial charge is 0.221 e. The molecular weight excluding hydrogens is 265 g/mol. The Morgan fingerprint density at radius 3 is 2.57 bits per heavy atom. The van der Waals surface area contributed by atoms with Crippen LogP contribution in [0.3, 0.4) is 0 Å². The summed E-state index contributed by atoms with van der Waals surface area (Å²) >= 11 is 8.78. The zero-order valence-corrected chi connectivity index (χ0v) is 9.94. The van der Waals surface area contributed by atoms with Crippen molar-refractivity contribution >= 4 is 33.4 Å². The SMILES string of the molecule is O=C(CCCl)NCc1ccc(Br)cc1. The highest BCUT2D eigenvalue weighted by atomic mass is 79.9. The van der Waals surface area contributed by atoms with E-state index in [-0.39, 0.29) is 5.91 Å². The third-order valence-electron chi connectivity index (χ3n) is 1.72. The average Bonchev–Trinajstić information content (AvgIpc) is 2.17. The molecule has 1 rings (SSSR count). The van der Waals surface area contributed by atoms with Gasteiger partial charge in [0, 0.05) is 23.3 Å². The molecule has 0 saturated heterocycles. The summed E-state index contributed by atoms with van der Waals surface area (Å²) in [6.45, 7) is 0.559. The average molecular weight is 277 g/mol. The summed E-state index contributed by atoms with van der Waals surface area (Å²) < 4.78 is 1.04. The first-order chi connectivity index (χ1) is 6.72. The summed E-state index contributed by atoms with van der Waals surface area (Å²) in [6, 6.07) is 7.82. The normalized spacial score (nSPS) is 9.86. The lowest BCUT2D eigenvalue weighted by Crippen LogP contribution is -2.22. The minimum absolute atomic E-state index is 0.0112. The van der Waals surface area contributed by atoms with E-state index in [9.17, 15) is 4.79 Å². The Balaban J connectivity index is 2.38. The van der Waals surface area contributed by atoms with E-state index < -0.39 is 0 Å². The Morgan fingerprint density at radius 2 is 2.00 bits per heavy atom. The van der Waals surface area contributed by atoms with E-state index in [4.69, 9.17) is 11.6 Å². The summed E-state index contributed by atoms with van der Waals surface area (Å²) in [6.07, 6.45) is 0.373. The van der Waals surface area contributed by atoms with Crippen LogP contribution in [-0.2, 0) is 11.3 Å². The van der Waals surface area contributed by atoms with E-state index in [1.807, 2.05) is 24.3 Å². The molecule has 0 radical (unpaired) electrons. The number of rotatable bonds is 4. The maximum Gasteiger partial charge on any atom is 0.221 e. The molecule has 0 saturated carbocycles. The van der Waals surface area contributed by atoms with E-state index in [1.54, 1.807) is 0 Å². The van der Waals surface area contributed by atoms with Gasteiger partial charge < -0.3 is 5.32 Å². The van der Waals surface area contributed by atoms with Crippen LogP contribution in [0.1, 0.15) is 12.0 Å². The van der Waals surface area contributed by atoms with Crippen LogP contribution in [0.5, 0.6) is 0 Å². The van der Waals surface area contributed by atoms with Crippen molar-refractivity contribution < 1.29 is 4.79 Å². The fourth-order valence-corrected chi connectivity index (χ4v) is 1.41. The van der Waals surface area contributed by atoms with Crippen molar-refractivity contribution in [2.75, 3.05) is 5.88 Å². The molecule has 0 aliphatic rings. The van der Waals surface area contributed by atoms with Gasteiger partial charge >= 0.3 is 0 Å². The molecule has 76 valence electrons. The number of nitrogens with one attached hydrogen (secondary N) is 1. The van der Waals surface area contributed by atoms with Crippen molar-refractivity contribution in [2.24, 2.45) is 0 Å². The Bertz CT molecular complexity index is 299. The molecule has 4 heteroatoms. The maximum absolute atomic E-state index is 11.1. The number of carbonyl (C=O) groups excluding carboxylic acids is 1. The van der Waals surface area contributed by atoms with Crippen LogP contribution in [0.25, 0.3) is 0 Å². The van der Waals surface area contributed by atoms with Gasteiger partial charge in [-0.25, -0.2) is 0 Å². The molecule has 0 bridgehead atoms. The Hall–Kier alpha value is -0.540. The fourth-order valence-electron chi connectivity index (χ4n) is 0.977. The molecule has 1 N–H and O–H groups in total. The highest BCUT2D eigenvalue weighted by Gasteiger charge is 1.99. The molecule has 0 fully saturated rings. The summed E-state index contributed by atoms with van der Waals surface area (Å²) in [5.74, 6) is 0.356. The van der Waals surface area contributed by atoms with Crippen molar-refractivity contribution in [2.45, 2.75) is 13.0 Å². The van der Waals surface area contributed by atoms with Crippen LogP contribution in [-0.4, -0.2) is 11.8 Å². The summed E-state index contributed by atoms with van der Waals surface area (Å²) in [7, 11) is 0. The van der Waals surface area contributed by atoms with Gasteiger partial charge in [-0.3, -0.25) is 4.79 Å². The quantitative estimate of drug-likeness (QED) is 0.842. The monoisotopic (exact) mass is 275 g/mol. The first-order valence-electron chi connectivity index (χ1n) is 4.29. The highest BCUT2D eigenvalue weighted by molar-refractivity contribution is 9.10. The van der Waals surface area contributed by atoms with Gasteiger partial charge in [0.2, 0.25) is 5.91 Å². The van der Waals surface area contributed by atoms with Gasteiger partial charge in [0.25, 0.3) is 0 Å². The van der Waals surface area contributed by atoms with E-state index in [1.165, 1.54) is 0 Å². The Labute approximate surface area is 96.8 Å². The molecule has 0 atom stereocenters. The van der Waals surface area contributed by atoms with Gasteiger partial charge in [-0.05, 0) is 17.7 Å². The molecule has 1 aromatic carbocycles. The van der Waals surface area contributed by atoms with E-state index in [0.29, 0.717) is 18.8 Å². The number of hydrogen-bond acceptors (Lipinski definition) is 1. The highest BCUT2D eigenvalue weighted by Crippen LogP contribution is 2.10. The van der Waals surface area contributed by atoms with Crippen LogP contribution in [0, 0.1) is 0 Å². The molecule has 1 amide bonds. The van der Waals surface area contributed by atoms with Crippen LogP contribution in [0.2, 0.25) is 0 Å². The number of alkyl halides is 1. The molecule has 0 heterocycles. The van der Waals surface area contributed by atoms with Gasteiger partial charge in [-0.2, -0.15) is 0 Å². The third kappa shape index (κ3) is 4.11. The minimum Gasteiger partial charge on any atom is -0.352 e. The van der Waals surface area contributed by atoms with Crippen LogP contribution >= 0.6 is 27.5 Å². The van der Waals surface area contributed by atoms with E-state index in [2.05, 4.69) is 21.2 Å². The first-order valence-corrected chi connectivity index (χ1v) is 5.62. The number of hydrogen-bond donors (Lipinski definition) is 1. The number of halogens is 2. The second-order valence-corrected chi connectivity index (χ2v) is 4.14. The molecule has 1 aromatic rings. The molecule has 14 heavy (non-hydrogen) atoms. The lowest BCUT2D eigenvalue weighted by molar-refractivity contribution is -0.120. The Kier molecular flexibility index (Phi) is 4.98. The number of amides is 1. The molecule has 0 aliphatic heterocycles. The first kappa shape index (κ1) is 11.5. The van der Waals surface area contributed by atoms with E-state index in [0.717, 1.165) is 10.0 Å². The van der Waals surface area contributed by atoms with Crippen LogP contribution < -0.4 is 5.32 Å². The molecule has 0 aliphatic carbocycles. The lowest BCUT2D eigenvalue weighted by atomic mass is 10.2. The Morgan fingerprint density at radius 1 is 1.36 bits per heavy atom. The fraction of sp³-hybridized carbons (Fsp3) is 0.300. The van der Waals surface area contributed by atoms with Crippen molar-refractivity contribution in [3.05, 3.63) is 34.3 Å². The molecule has 0 spiro atoms. The zero-order valence-electron chi connectivity index (χ0n) is 7.59. The summed E-state index contributed by atoms with van der Waals surface area (Å²) in [4.78, 5) is 11.1. The second-order valence-electron chi connectivity index (χ2n) is 2.84.